The van der Waals surface area contributed by atoms with Crippen molar-refractivity contribution in [2.24, 2.45) is 5.92 Å². The van der Waals surface area contributed by atoms with Crippen LogP contribution in [0.3, 0.4) is 0 Å². The molecule has 2 aliphatic rings. The van der Waals surface area contributed by atoms with E-state index in [4.69, 9.17) is 0 Å². The van der Waals surface area contributed by atoms with Crippen LogP contribution in [0.1, 0.15) is 52.9 Å². The highest BCUT2D eigenvalue weighted by Gasteiger charge is 2.15. The van der Waals surface area contributed by atoms with Gasteiger partial charge in [-0.1, -0.05) is 39.0 Å². The van der Waals surface area contributed by atoms with E-state index < -0.39 is 0 Å². The number of hydrogen-bond acceptors (Lipinski definition) is 1. The first kappa shape index (κ1) is 14.5. The van der Waals surface area contributed by atoms with Crippen molar-refractivity contribution >= 4 is 0 Å². The fraction of sp³-hybridized carbons (Fsp3) is 0.750. The van der Waals surface area contributed by atoms with Crippen LogP contribution < -0.4 is 0 Å². The van der Waals surface area contributed by atoms with Gasteiger partial charge in [0.25, 0.3) is 0 Å². The summed E-state index contributed by atoms with van der Waals surface area (Å²) >= 11 is 0. The first-order chi connectivity index (χ1) is 8.34. The molecule has 0 aromatic carbocycles. The number of allylic oxidation sites excluding steroid dienone is 2. The molecule has 1 heteroatoms. The second-order valence-corrected chi connectivity index (χ2v) is 5.07. The van der Waals surface area contributed by atoms with Crippen molar-refractivity contribution in [2.75, 3.05) is 19.6 Å². The zero-order chi connectivity index (χ0) is 12.5. The maximum Gasteiger partial charge on any atom is 0.0230 e. The first-order valence-corrected chi connectivity index (χ1v) is 7.42. The summed E-state index contributed by atoms with van der Waals surface area (Å²) in [6.45, 7) is 10.2. The number of nitrogens with zero attached hydrogens (tertiary/aromatic N) is 1. The maximum absolute atomic E-state index is 2.61. The van der Waals surface area contributed by atoms with Gasteiger partial charge >= 0.3 is 0 Å². The van der Waals surface area contributed by atoms with Gasteiger partial charge in [0.05, 0.1) is 0 Å². The lowest BCUT2D eigenvalue weighted by atomic mass is 9.99. The van der Waals surface area contributed by atoms with Crippen LogP contribution in [0, 0.1) is 5.92 Å². The Labute approximate surface area is 108 Å². The fourth-order valence-electron chi connectivity index (χ4n) is 2.42. The summed E-state index contributed by atoms with van der Waals surface area (Å²) in [5.74, 6) is 0.944. The van der Waals surface area contributed by atoms with Crippen molar-refractivity contribution in [3.05, 3.63) is 23.8 Å². The summed E-state index contributed by atoms with van der Waals surface area (Å²) in [6.07, 6.45) is 13.7. The highest BCUT2D eigenvalue weighted by atomic mass is 15.1. The minimum absolute atomic E-state index is 0.944. The van der Waals surface area contributed by atoms with Gasteiger partial charge in [0.15, 0.2) is 0 Å². The molecule has 1 aliphatic heterocycles. The van der Waals surface area contributed by atoms with Crippen LogP contribution in [-0.4, -0.2) is 24.5 Å². The second-order valence-electron chi connectivity index (χ2n) is 5.07. The van der Waals surface area contributed by atoms with Crippen molar-refractivity contribution in [2.45, 2.75) is 52.9 Å². The summed E-state index contributed by atoms with van der Waals surface area (Å²) in [5, 5.41) is 0. The highest BCUT2D eigenvalue weighted by molar-refractivity contribution is 5.21. The third kappa shape index (κ3) is 5.54. The van der Waals surface area contributed by atoms with Gasteiger partial charge in [-0.3, -0.25) is 4.90 Å². The Bertz CT molecular complexity index is 244. The summed E-state index contributed by atoms with van der Waals surface area (Å²) in [5.41, 5.74) is 1.54. The average molecular weight is 235 g/mol. The SMILES string of the molecule is CC.CC1CCN(CC2=CCCCC=C2)CC1. The first-order valence-electron chi connectivity index (χ1n) is 7.42. The molecule has 98 valence electrons. The molecule has 17 heavy (non-hydrogen) atoms. The van der Waals surface area contributed by atoms with Crippen molar-refractivity contribution in [1.29, 1.82) is 0 Å². The predicted molar refractivity (Wildman–Crippen MR) is 77.3 cm³/mol. The van der Waals surface area contributed by atoms with E-state index in [9.17, 15) is 0 Å². The number of hydrogen-bond donors (Lipinski definition) is 0. The van der Waals surface area contributed by atoms with Crippen LogP contribution >= 0.6 is 0 Å². The molecule has 1 fully saturated rings. The van der Waals surface area contributed by atoms with Crippen LogP contribution in [0.25, 0.3) is 0 Å². The summed E-state index contributed by atoms with van der Waals surface area (Å²) < 4.78 is 0. The Hall–Kier alpha value is -0.560. The molecule has 0 unspecified atom stereocenters. The van der Waals surface area contributed by atoms with Crippen LogP contribution in [-0.2, 0) is 0 Å². The smallest absolute Gasteiger partial charge is 0.0230 e. The molecular formula is C16H29N. The van der Waals surface area contributed by atoms with E-state index in [0.717, 1.165) is 5.92 Å². The lowest BCUT2D eigenvalue weighted by Crippen LogP contribution is -2.34. The van der Waals surface area contributed by atoms with E-state index in [-0.39, 0.29) is 0 Å². The molecular weight excluding hydrogens is 206 g/mol. The zero-order valence-electron chi connectivity index (χ0n) is 11.9. The Kier molecular flexibility index (Phi) is 7.27. The van der Waals surface area contributed by atoms with Crippen molar-refractivity contribution in [3.63, 3.8) is 0 Å². The Morgan fingerprint density at radius 2 is 1.88 bits per heavy atom. The molecule has 0 bridgehead atoms. The summed E-state index contributed by atoms with van der Waals surface area (Å²) in [7, 11) is 0. The van der Waals surface area contributed by atoms with Crippen LogP contribution in [0.5, 0.6) is 0 Å². The lowest BCUT2D eigenvalue weighted by Gasteiger charge is -2.30. The van der Waals surface area contributed by atoms with E-state index in [1.807, 2.05) is 13.8 Å². The second kappa shape index (κ2) is 8.52. The van der Waals surface area contributed by atoms with Gasteiger partial charge in [0.2, 0.25) is 0 Å². The monoisotopic (exact) mass is 235 g/mol. The molecule has 0 aromatic rings. The Balaban J connectivity index is 0.000000686. The molecule has 2 rings (SSSR count). The summed E-state index contributed by atoms with van der Waals surface area (Å²) in [4.78, 5) is 2.61. The molecule has 0 amide bonds. The predicted octanol–water partition coefficient (Wildman–Crippen LogP) is 4.41. The number of piperidine rings is 1. The molecule has 0 spiro atoms. The molecule has 0 saturated carbocycles. The minimum Gasteiger partial charge on any atom is -0.299 e. The van der Waals surface area contributed by atoms with Crippen LogP contribution in [0.15, 0.2) is 23.8 Å². The third-order valence-electron chi connectivity index (χ3n) is 3.60. The van der Waals surface area contributed by atoms with Crippen molar-refractivity contribution in [1.82, 2.24) is 4.90 Å². The van der Waals surface area contributed by atoms with Gasteiger partial charge in [-0.2, -0.15) is 0 Å². The van der Waals surface area contributed by atoms with E-state index in [1.54, 1.807) is 5.57 Å². The van der Waals surface area contributed by atoms with E-state index >= 15 is 0 Å². The van der Waals surface area contributed by atoms with Crippen LogP contribution in [0.4, 0.5) is 0 Å². The van der Waals surface area contributed by atoms with Gasteiger partial charge in [0.1, 0.15) is 0 Å². The van der Waals surface area contributed by atoms with Gasteiger partial charge in [-0.25, -0.2) is 0 Å². The number of likely N-dealkylation sites (tertiary alicyclic amines) is 1. The van der Waals surface area contributed by atoms with Crippen LogP contribution in [0.2, 0.25) is 0 Å². The van der Waals surface area contributed by atoms with Crippen molar-refractivity contribution < 1.29 is 0 Å². The van der Waals surface area contributed by atoms with E-state index in [1.165, 1.54) is 51.7 Å². The molecule has 0 atom stereocenters. The molecule has 0 radical (unpaired) electrons. The van der Waals surface area contributed by atoms with Crippen molar-refractivity contribution in [3.8, 4) is 0 Å². The normalized spacial score (nSPS) is 22.4. The average Bonchev–Trinajstić information content (AvgIpc) is 2.63. The lowest BCUT2D eigenvalue weighted by molar-refractivity contribution is 0.207. The maximum atomic E-state index is 2.61. The van der Waals surface area contributed by atoms with Gasteiger partial charge in [-0.05, 0) is 56.7 Å². The Morgan fingerprint density at radius 3 is 2.59 bits per heavy atom. The van der Waals surface area contributed by atoms with Gasteiger partial charge in [0, 0.05) is 6.54 Å². The van der Waals surface area contributed by atoms with Gasteiger partial charge in [-0.15, -0.1) is 0 Å². The molecule has 1 saturated heterocycles. The molecule has 0 N–H and O–H groups in total. The topological polar surface area (TPSA) is 3.24 Å². The molecule has 0 aromatic heterocycles. The number of rotatable bonds is 2. The highest BCUT2D eigenvalue weighted by Crippen LogP contribution is 2.18. The quantitative estimate of drug-likeness (QED) is 0.685. The fourth-order valence-corrected chi connectivity index (χ4v) is 2.42. The Morgan fingerprint density at radius 1 is 1.18 bits per heavy atom. The largest absolute Gasteiger partial charge is 0.299 e. The minimum atomic E-state index is 0.944. The summed E-state index contributed by atoms with van der Waals surface area (Å²) in [6, 6.07) is 0. The molecule has 1 nitrogen and oxygen atoms in total. The molecule has 1 aliphatic carbocycles. The third-order valence-corrected chi connectivity index (χ3v) is 3.60. The molecule has 1 heterocycles. The van der Waals surface area contributed by atoms with E-state index in [0.29, 0.717) is 0 Å². The van der Waals surface area contributed by atoms with Gasteiger partial charge < -0.3 is 0 Å². The standard InChI is InChI=1S/C14H23N.C2H6/c1-13-8-10-15(11-9-13)12-14-6-4-2-3-5-7-14;1-2/h4,6-7,13H,2-3,5,8-12H2,1H3;1-2H3. The van der Waals surface area contributed by atoms with E-state index in [2.05, 4.69) is 30.1 Å². The zero-order valence-corrected chi connectivity index (χ0v) is 11.9.